The summed E-state index contributed by atoms with van der Waals surface area (Å²) >= 11 is 0. The average molecular weight is 450 g/mol. The van der Waals surface area contributed by atoms with Crippen LogP contribution in [0.1, 0.15) is 41.2 Å². The summed E-state index contributed by atoms with van der Waals surface area (Å²) in [5, 5.41) is 7.92. The summed E-state index contributed by atoms with van der Waals surface area (Å²) in [6.07, 6.45) is 4.18. The number of likely N-dealkylation sites (tertiary alicyclic amines) is 1. The van der Waals surface area contributed by atoms with Gasteiger partial charge in [0.2, 0.25) is 0 Å². The van der Waals surface area contributed by atoms with Crippen LogP contribution in [0.2, 0.25) is 0 Å². The lowest BCUT2D eigenvalue weighted by Gasteiger charge is -2.16. The van der Waals surface area contributed by atoms with Gasteiger partial charge in [0, 0.05) is 45.3 Å². The van der Waals surface area contributed by atoms with Gasteiger partial charge in [0.15, 0.2) is 28.6 Å². The molecule has 0 saturated carbocycles. The molecule has 0 aliphatic carbocycles. The van der Waals surface area contributed by atoms with E-state index in [1.165, 1.54) is 6.33 Å². The van der Waals surface area contributed by atoms with E-state index in [1.54, 1.807) is 18.7 Å². The summed E-state index contributed by atoms with van der Waals surface area (Å²) in [5.41, 5.74) is 3.85. The zero-order chi connectivity index (χ0) is 23.3. The number of aromatic nitrogens is 7. The van der Waals surface area contributed by atoms with Gasteiger partial charge in [0.1, 0.15) is 17.9 Å². The zero-order valence-electron chi connectivity index (χ0n) is 19.5. The van der Waals surface area contributed by atoms with Crippen LogP contribution in [0.4, 0.5) is 5.82 Å². The van der Waals surface area contributed by atoms with E-state index >= 15 is 0 Å². The fourth-order valence-electron chi connectivity index (χ4n) is 4.46. The van der Waals surface area contributed by atoms with Crippen LogP contribution in [-0.2, 0) is 13.6 Å². The fraction of sp³-hybridized carbons (Fsp3) is 0.455. The number of amides is 1. The predicted molar refractivity (Wildman–Crippen MR) is 122 cm³/mol. The summed E-state index contributed by atoms with van der Waals surface area (Å²) in [7, 11) is 1.95. The van der Waals surface area contributed by atoms with Crippen LogP contribution >= 0.6 is 0 Å². The van der Waals surface area contributed by atoms with Gasteiger partial charge in [-0.3, -0.25) is 9.48 Å². The third-order valence-corrected chi connectivity index (χ3v) is 6.22. The summed E-state index contributed by atoms with van der Waals surface area (Å²) in [6.45, 7) is 9.60. The van der Waals surface area contributed by atoms with Gasteiger partial charge in [-0.2, -0.15) is 5.10 Å². The number of nitrogens with one attached hydrogen (secondary N) is 1. The lowest BCUT2D eigenvalue weighted by atomic mass is 10.2. The van der Waals surface area contributed by atoms with E-state index in [9.17, 15) is 4.79 Å². The molecule has 0 aromatic carbocycles. The largest absolute Gasteiger partial charge is 0.445 e. The number of anilines is 1. The molecule has 5 rings (SSSR count). The molecule has 11 nitrogen and oxygen atoms in total. The van der Waals surface area contributed by atoms with Crippen LogP contribution in [0.5, 0.6) is 0 Å². The van der Waals surface area contributed by atoms with Gasteiger partial charge in [-0.25, -0.2) is 19.9 Å². The number of nitrogens with zero attached hydrogens (tertiary/aromatic N) is 8. The summed E-state index contributed by atoms with van der Waals surface area (Å²) in [4.78, 5) is 32.7. The van der Waals surface area contributed by atoms with Gasteiger partial charge >= 0.3 is 0 Å². The average Bonchev–Trinajstić information content (AvgIpc) is 3.55. The summed E-state index contributed by atoms with van der Waals surface area (Å²) in [6, 6.07) is 0.0513. The third kappa shape index (κ3) is 3.53. The Kier molecular flexibility index (Phi) is 5.10. The molecule has 1 amide bonds. The van der Waals surface area contributed by atoms with E-state index in [4.69, 9.17) is 9.40 Å². The van der Waals surface area contributed by atoms with Gasteiger partial charge in [0.05, 0.1) is 11.8 Å². The molecule has 33 heavy (non-hydrogen) atoms. The van der Waals surface area contributed by atoms with Gasteiger partial charge in [-0.15, -0.1) is 0 Å². The molecule has 1 aliphatic heterocycles. The highest BCUT2D eigenvalue weighted by molar-refractivity contribution is 5.93. The molecule has 0 bridgehead atoms. The molecule has 1 fully saturated rings. The first-order valence-electron chi connectivity index (χ1n) is 11.1. The minimum atomic E-state index is -0.106. The smallest absolute Gasteiger partial charge is 0.276 e. The maximum atomic E-state index is 12.9. The second kappa shape index (κ2) is 7.98. The van der Waals surface area contributed by atoms with Gasteiger partial charge in [-0.05, 0) is 27.2 Å². The first kappa shape index (κ1) is 21.1. The highest BCUT2D eigenvalue weighted by Gasteiger charge is 2.30. The molecule has 0 radical (unpaired) electrons. The fourth-order valence-corrected chi connectivity index (χ4v) is 4.46. The van der Waals surface area contributed by atoms with Crippen LogP contribution in [0.25, 0.3) is 22.6 Å². The Bertz CT molecular complexity index is 1350. The Morgan fingerprint density at radius 3 is 2.76 bits per heavy atom. The van der Waals surface area contributed by atoms with Crippen molar-refractivity contribution in [3.8, 4) is 11.4 Å². The van der Waals surface area contributed by atoms with Crippen molar-refractivity contribution in [1.29, 1.82) is 0 Å². The molecule has 172 valence electrons. The zero-order valence-corrected chi connectivity index (χ0v) is 19.5. The van der Waals surface area contributed by atoms with Crippen molar-refractivity contribution >= 4 is 22.9 Å². The Balaban J connectivity index is 1.39. The molecular formula is C22H27N9O2. The van der Waals surface area contributed by atoms with Crippen molar-refractivity contribution in [2.24, 2.45) is 7.05 Å². The van der Waals surface area contributed by atoms with Crippen molar-refractivity contribution in [1.82, 2.24) is 39.2 Å². The molecule has 1 aliphatic rings. The maximum Gasteiger partial charge on any atom is 0.276 e. The van der Waals surface area contributed by atoms with E-state index in [0.29, 0.717) is 41.8 Å². The first-order chi connectivity index (χ1) is 15.9. The minimum Gasteiger partial charge on any atom is -0.445 e. The Labute approximate surface area is 190 Å². The number of aryl methyl sites for hydroxylation is 4. The van der Waals surface area contributed by atoms with Crippen molar-refractivity contribution in [2.45, 2.75) is 46.7 Å². The number of hydrogen-bond acceptors (Lipinski definition) is 8. The van der Waals surface area contributed by atoms with Gasteiger partial charge in [0.25, 0.3) is 5.91 Å². The molecule has 11 heteroatoms. The maximum absolute atomic E-state index is 12.9. The van der Waals surface area contributed by atoms with E-state index < -0.39 is 0 Å². The van der Waals surface area contributed by atoms with Crippen molar-refractivity contribution in [3.63, 3.8) is 0 Å². The number of rotatable bonds is 5. The molecule has 1 N–H and O–H groups in total. The number of imidazole rings is 1. The molecule has 1 atom stereocenters. The monoisotopic (exact) mass is 449 g/mol. The second-order valence-corrected chi connectivity index (χ2v) is 8.37. The lowest BCUT2D eigenvalue weighted by molar-refractivity contribution is 0.0784. The SMILES string of the molecule is CCn1ncc(-c2nc3c(NC4CCN(C(=O)c5nc(C)oc5C)C4)ncnc3n2C)c1C. The molecule has 1 saturated heterocycles. The molecule has 4 aromatic rings. The van der Waals surface area contributed by atoms with Crippen molar-refractivity contribution < 1.29 is 9.21 Å². The number of carbonyl (C=O) groups is 1. The van der Waals surface area contributed by atoms with Gasteiger partial charge < -0.3 is 19.2 Å². The van der Waals surface area contributed by atoms with E-state index in [-0.39, 0.29) is 11.9 Å². The molecule has 0 spiro atoms. The Hall–Kier alpha value is -3.76. The molecular weight excluding hydrogens is 422 g/mol. The Morgan fingerprint density at radius 2 is 2.06 bits per heavy atom. The number of oxazole rings is 1. The highest BCUT2D eigenvalue weighted by Crippen LogP contribution is 2.29. The Morgan fingerprint density at radius 1 is 1.24 bits per heavy atom. The summed E-state index contributed by atoms with van der Waals surface area (Å²) < 4.78 is 9.34. The van der Waals surface area contributed by atoms with Crippen LogP contribution in [0.3, 0.4) is 0 Å². The topological polar surface area (TPSA) is 120 Å². The standard InChI is InChI=1S/C22H27N9O2/c1-6-31-12(2)16(9-25-31)20-28-18-19(23-11-24-21(18)29(20)5)27-15-7-8-30(10-15)22(32)17-13(3)33-14(4)26-17/h9,11,15H,6-8,10H2,1-5H3,(H,23,24,27). The van der Waals surface area contributed by atoms with E-state index in [0.717, 1.165) is 35.7 Å². The quantitative estimate of drug-likeness (QED) is 0.493. The normalized spacial score (nSPS) is 16.2. The second-order valence-electron chi connectivity index (χ2n) is 8.37. The molecule has 4 aromatic heterocycles. The van der Waals surface area contributed by atoms with Crippen molar-refractivity contribution in [3.05, 3.63) is 35.6 Å². The minimum absolute atomic E-state index is 0.0513. The summed E-state index contributed by atoms with van der Waals surface area (Å²) in [5.74, 6) is 2.40. The van der Waals surface area contributed by atoms with E-state index in [1.807, 2.05) is 29.4 Å². The lowest BCUT2D eigenvalue weighted by Crippen LogP contribution is -2.32. The van der Waals surface area contributed by atoms with Crippen LogP contribution in [-0.4, -0.2) is 64.2 Å². The van der Waals surface area contributed by atoms with Crippen molar-refractivity contribution in [2.75, 3.05) is 18.4 Å². The first-order valence-corrected chi connectivity index (χ1v) is 11.1. The number of hydrogen-bond donors (Lipinski definition) is 1. The van der Waals surface area contributed by atoms with Crippen LogP contribution in [0.15, 0.2) is 16.9 Å². The van der Waals surface area contributed by atoms with Crippen LogP contribution in [0, 0.1) is 20.8 Å². The van der Waals surface area contributed by atoms with Crippen LogP contribution < -0.4 is 5.32 Å². The third-order valence-electron chi connectivity index (χ3n) is 6.22. The number of carbonyl (C=O) groups excluding carboxylic acids is 1. The van der Waals surface area contributed by atoms with Gasteiger partial charge in [-0.1, -0.05) is 0 Å². The highest BCUT2D eigenvalue weighted by atomic mass is 16.4. The molecule has 5 heterocycles. The van der Waals surface area contributed by atoms with E-state index in [2.05, 4.69) is 32.3 Å². The number of fused-ring (bicyclic) bond motifs is 1. The predicted octanol–water partition coefficient (Wildman–Crippen LogP) is 2.49. The molecule has 1 unspecified atom stereocenters.